The van der Waals surface area contributed by atoms with E-state index in [9.17, 15) is 0 Å². The summed E-state index contributed by atoms with van der Waals surface area (Å²) < 4.78 is 5.09. The summed E-state index contributed by atoms with van der Waals surface area (Å²) >= 11 is 0. The van der Waals surface area contributed by atoms with E-state index in [2.05, 4.69) is 32.7 Å². The summed E-state index contributed by atoms with van der Waals surface area (Å²) in [5.41, 5.74) is 0.499. The maximum atomic E-state index is 5.09. The van der Waals surface area contributed by atoms with Crippen LogP contribution in [0.5, 0.6) is 0 Å². The van der Waals surface area contributed by atoms with E-state index in [1.807, 2.05) is 14.0 Å². The predicted octanol–water partition coefficient (Wildman–Crippen LogP) is 2.67. The van der Waals surface area contributed by atoms with Gasteiger partial charge in [-0.15, -0.1) is 24.0 Å². The minimum atomic E-state index is 0. The molecule has 2 N–H and O–H groups in total. The maximum Gasteiger partial charge on any atom is 0.226 e. The molecular weight excluding hydrogens is 393 g/mol. The van der Waals surface area contributed by atoms with Crippen LogP contribution in [-0.2, 0) is 6.42 Å². The Kier molecular flexibility index (Phi) is 8.13. The standard InChI is InChI=1S/C15H27N5O.HI/c1-4-15(8-6-9-15)11-18-14(16-3)17-10-5-7-13-19-12(2)20-21-13;/h4-11H2,1-3H3,(H2,16,17,18);1H. The first-order valence-electron chi connectivity index (χ1n) is 7.91. The lowest BCUT2D eigenvalue weighted by Gasteiger charge is -2.41. The maximum absolute atomic E-state index is 5.09. The van der Waals surface area contributed by atoms with Crippen LogP contribution in [0.4, 0.5) is 0 Å². The lowest BCUT2D eigenvalue weighted by atomic mass is 9.67. The lowest BCUT2D eigenvalue weighted by Crippen LogP contribution is -2.46. The molecule has 0 aromatic carbocycles. The fraction of sp³-hybridized carbons (Fsp3) is 0.800. The second-order valence-electron chi connectivity index (χ2n) is 5.90. The number of aryl methyl sites for hydroxylation is 2. The van der Waals surface area contributed by atoms with E-state index in [0.29, 0.717) is 17.1 Å². The summed E-state index contributed by atoms with van der Waals surface area (Å²) in [5.74, 6) is 2.29. The van der Waals surface area contributed by atoms with E-state index in [-0.39, 0.29) is 24.0 Å². The molecule has 126 valence electrons. The van der Waals surface area contributed by atoms with Gasteiger partial charge in [-0.05, 0) is 38.0 Å². The Morgan fingerprint density at radius 1 is 1.36 bits per heavy atom. The van der Waals surface area contributed by atoms with E-state index in [4.69, 9.17) is 4.52 Å². The minimum Gasteiger partial charge on any atom is -0.356 e. The van der Waals surface area contributed by atoms with Crippen molar-refractivity contribution in [3.63, 3.8) is 0 Å². The van der Waals surface area contributed by atoms with Gasteiger partial charge in [0, 0.05) is 26.6 Å². The van der Waals surface area contributed by atoms with E-state index in [1.54, 1.807) is 0 Å². The van der Waals surface area contributed by atoms with Crippen molar-refractivity contribution in [1.29, 1.82) is 0 Å². The van der Waals surface area contributed by atoms with Crippen LogP contribution in [0.15, 0.2) is 9.52 Å². The van der Waals surface area contributed by atoms with Crippen LogP contribution in [0.2, 0.25) is 0 Å². The molecule has 1 aliphatic carbocycles. The van der Waals surface area contributed by atoms with Gasteiger partial charge < -0.3 is 15.2 Å². The molecule has 1 saturated carbocycles. The molecule has 0 unspecified atom stereocenters. The highest BCUT2D eigenvalue weighted by Gasteiger charge is 2.34. The van der Waals surface area contributed by atoms with E-state index >= 15 is 0 Å². The van der Waals surface area contributed by atoms with Gasteiger partial charge in [0.05, 0.1) is 0 Å². The van der Waals surface area contributed by atoms with Crippen molar-refractivity contribution in [2.75, 3.05) is 20.1 Å². The number of nitrogens with zero attached hydrogens (tertiary/aromatic N) is 3. The zero-order valence-corrected chi connectivity index (χ0v) is 16.1. The predicted molar refractivity (Wildman–Crippen MR) is 98.7 cm³/mol. The number of hydrogen-bond donors (Lipinski definition) is 2. The Morgan fingerprint density at radius 3 is 2.64 bits per heavy atom. The van der Waals surface area contributed by atoms with Gasteiger partial charge in [0.15, 0.2) is 11.8 Å². The molecule has 6 nitrogen and oxygen atoms in total. The van der Waals surface area contributed by atoms with Gasteiger partial charge in [-0.2, -0.15) is 4.98 Å². The van der Waals surface area contributed by atoms with Crippen molar-refractivity contribution in [2.45, 2.75) is 52.4 Å². The van der Waals surface area contributed by atoms with Crippen molar-refractivity contribution in [3.05, 3.63) is 11.7 Å². The third-order valence-corrected chi connectivity index (χ3v) is 4.45. The second kappa shape index (κ2) is 9.32. The van der Waals surface area contributed by atoms with Crippen LogP contribution in [0.1, 0.15) is 50.7 Å². The molecule has 1 aromatic heterocycles. The highest BCUT2D eigenvalue weighted by molar-refractivity contribution is 14.0. The van der Waals surface area contributed by atoms with Gasteiger partial charge in [-0.1, -0.05) is 18.5 Å². The molecule has 1 fully saturated rings. The smallest absolute Gasteiger partial charge is 0.226 e. The van der Waals surface area contributed by atoms with Crippen LogP contribution < -0.4 is 10.6 Å². The molecule has 1 heterocycles. The third kappa shape index (κ3) is 5.40. The van der Waals surface area contributed by atoms with Crippen molar-refractivity contribution >= 4 is 29.9 Å². The molecule has 22 heavy (non-hydrogen) atoms. The molecule has 0 aliphatic heterocycles. The van der Waals surface area contributed by atoms with Crippen LogP contribution in [-0.4, -0.2) is 36.2 Å². The fourth-order valence-corrected chi connectivity index (χ4v) is 2.71. The largest absolute Gasteiger partial charge is 0.356 e. The van der Waals surface area contributed by atoms with E-state index < -0.39 is 0 Å². The Hall–Kier alpha value is -0.860. The number of aromatic nitrogens is 2. The molecule has 2 rings (SSSR count). The number of nitrogens with one attached hydrogen (secondary N) is 2. The van der Waals surface area contributed by atoms with Gasteiger partial charge in [-0.3, -0.25) is 4.99 Å². The van der Waals surface area contributed by atoms with Crippen LogP contribution >= 0.6 is 24.0 Å². The summed E-state index contributed by atoms with van der Waals surface area (Å²) in [6, 6.07) is 0. The van der Waals surface area contributed by atoms with Crippen molar-refractivity contribution in [1.82, 2.24) is 20.8 Å². The number of rotatable bonds is 7. The lowest BCUT2D eigenvalue weighted by molar-refractivity contribution is 0.131. The molecular formula is C15H28IN5O. The topological polar surface area (TPSA) is 75.3 Å². The van der Waals surface area contributed by atoms with Crippen LogP contribution in [0, 0.1) is 12.3 Å². The first-order chi connectivity index (χ1) is 10.2. The van der Waals surface area contributed by atoms with Crippen molar-refractivity contribution < 1.29 is 4.52 Å². The third-order valence-electron chi connectivity index (χ3n) is 4.45. The highest BCUT2D eigenvalue weighted by atomic mass is 127. The Bertz CT molecular complexity index is 465. The van der Waals surface area contributed by atoms with E-state index in [0.717, 1.165) is 31.9 Å². The van der Waals surface area contributed by atoms with Gasteiger partial charge in [-0.25, -0.2) is 0 Å². The SMILES string of the molecule is CCC1(CNC(=NC)NCCCc2nc(C)no2)CCC1.I. The fourth-order valence-electron chi connectivity index (χ4n) is 2.71. The normalized spacial score (nSPS) is 16.6. The van der Waals surface area contributed by atoms with Crippen molar-refractivity contribution in [2.24, 2.45) is 10.4 Å². The van der Waals surface area contributed by atoms with Crippen LogP contribution in [0.3, 0.4) is 0 Å². The Labute approximate surface area is 149 Å². The second-order valence-corrected chi connectivity index (χ2v) is 5.90. The number of aliphatic imine (C=N–C) groups is 1. The monoisotopic (exact) mass is 421 g/mol. The summed E-state index contributed by atoms with van der Waals surface area (Å²) in [5, 5.41) is 10.6. The van der Waals surface area contributed by atoms with Gasteiger partial charge in [0.25, 0.3) is 0 Å². The quantitative estimate of drug-likeness (QED) is 0.307. The molecule has 0 spiro atoms. The first-order valence-corrected chi connectivity index (χ1v) is 7.91. The zero-order valence-electron chi connectivity index (χ0n) is 13.8. The van der Waals surface area contributed by atoms with E-state index in [1.165, 1.54) is 25.7 Å². The van der Waals surface area contributed by atoms with Crippen LogP contribution in [0.25, 0.3) is 0 Å². The van der Waals surface area contributed by atoms with Gasteiger partial charge >= 0.3 is 0 Å². The molecule has 0 atom stereocenters. The average Bonchev–Trinajstić information content (AvgIpc) is 2.86. The molecule has 0 radical (unpaired) electrons. The number of halogens is 1. The van der Waals surface area contributed by atoms with Gasteiger partial charge in [0.1, 0.15) is 0 Å². The molecule has 1 aromatic rings. The summed E-state index contributed by atoms with van der Waals surface area (Å²) in [7, 11) is 1.82. The van der Waals surface area contributed by atoms with Gasteiger partial charge in [0.2, 0.25) is 5.89 Å². The van der Waals surface area contributed by atoms with Crippen molar-refractivity contribution in [3.8, 4) is 0 Å². The summed E-state index contributed by atoms with van der Waals surface area (Å²) in [6.45, 7) is 5.98. The molecule has 0 bridgehead atoms. The Morgan fingerprint density at radius 2 is 2.14 bits per heavy atom. The molecule has 0 amide bonds. The Balaban J connectivity index is 0.00000242. The zero-order chi connectivity index (χ0) is 15.1. The number of guanidine groups is 1. The average molecular weight is 421 g/mol. The molecule has 0 saturated heterocycles. The highest BCUT2D eigenvalue weighted by Crippen LogP contribution is 2.42. The summed E-state index contributed by atoms with van der Waals surface area (Å²) in [6.07, 6.45) is 7.03. The first kappa shape index (κ1) is 19.2. The molecule has 7 heteroatoms. The molecule has 1 aliphatic rings. The minimum absolute atomic E-state index is 0. The number of hydrogen-bond acceptors (Lipinski definition) is 4. The summed E-state index contributed by atoms with van der Waals surface area (Å²) in [4.78, 5) is 8.47.